The van der Waals surface area contributed by atoms with E-state index in [4.69, 9.17) is 5.11 Å². The summed E-state index contributed by atoms with van der Waals surface area (Å²) in [6, 6.07) is 0. The minimum absolute atomic E-state index is 0.195. The third-order valence-electron chi connectivity index (χ3n) is 1.31. The Bertz CT molecular complexity index is 128. The number of hydrogen-bond acceptors (Lipinski definition) is 4. The summed E-state index contributed by atoms with van der Waals surface area (Å²) in [5.74, 6) is 0. The molecule has 0 aliphatic rings. The van der Waals surface area contributed by atoms with Crippen LogP contribution in [0, 0.1) is 0 Å². The fraction of sp³-hybridized carbons (Fsp3) is 1.00. The van der Waals surface area contributed by atoms with Crippen molar-refractivity contribution in [1.29, 1.82) is 0 Å². The van der Waals surface area contributed by atoms with E-state index in [1.165, 1.54) is 14.2 Å². The van der Waals surface area contributed by atoms with Crippen LogP contribution >= 0.6 is 7.60 Å². The predicted octanol–water partition coefficient (Wildman–Crippen LogP) is 0.853. The van der Waals surface area contributed by atoms with Gasteiger partial charge in [-0.15, -0.1) is 0 Å². The smallest absolute Gasteiger partial charge is 0.335 e. The Hall–Kier alpha value is 0.110. The van der Waals surface area contributed by atoms with E-state index in [-0.39, 0.29) is 6.61 Å². The first kappa shape index (κ1) is 10.1. The summed E-state index contributed by atoms with van der Waals surface area (Å²) >= 11 is 0. The van der Waals surface area contributed by atoms with Gasteiger partial charge in [0.1, 0.15) is 0 Å². The van der Waals surface area contributed by atoms with Crippen molar-refractivity contribution in [2.45, 2.75) is 12.6 Å². The maximum atomic E-state index is 11.3. The molecule has 1 unspecified atom stereocenters. The molecular weight excluding hydrogens is 155 g/mol. The summed E-state index contributed by atoms with van der Waals surface area (Å²) < 4.78 is 20.5. The molecule has 0 spiro atoms. The highest BCUT2D eigenvalue weighted by atomic mass is 31.2. The van der Waals surface area contributed by atoms with Gasteiger partial charge in [-0.1, -0.05) is 0 Å². The summed E-state index contributed by atoms with van der Waals surface area (Å²) in [6.07, 6.45) is 0. The van der Waals surface area contributed by atoms with E-state index < -0.39 is 13.3 Å². The maximum absolute atomic E-state index is 11.3. The third kappa shape index (κ3) is 2.06. The van der Waals surface area contributed by atoms with Gasteiger partial charge in [-0.3, -0.25) is 4.57 Å². The van der Waals surface area contributed by atoms with Crippen LogP contribution in [0.2, 0.25) is 0 Å². The second-order valence-electron chi connectivity index (χ2n) is 1.94. The molecule has 0 aliphatic carbocycles. The summed E-state index contributed by atoms with van der Waals surface area (Å²) in [6.45, 7) is 1.41. The Kier molecular flexibility index (Phi) is 4.13. The quantitative estimate of drug-likeness (QED) is 0.632. The Labute approximate surface area is 60.7 Å². The topological polar surface area (TPSA) is 55.8 Å². The SMILES string of the molecule is COP(=O)(OC)C(C)CO. The fourth-order valence-electron chi connectivity index (χ4n) is 0.534. The highest BCUT2D eigenvalue weighted by molar-refractivity contribution is 7.54. The lowest BCUT2D eigenvalue weighted by Gasteiger charge is -2.18. The van der Waals surface area contributed by atoms with E-state index in [0.717, 1.165) is 0 Å². The molecule has 0 amide bonds. The van der Waals surface area contributed by atoms with Crippen LogP contribution in [-0.2, 0) is 13.6 Å². The van der Waals surface area contributed by atoms with Crippen molar-refractivity contribution in [3.8, 4) is 0 Å². The van der Waals surface area contributed by atoms with E-state index in [1.807, 2.05) is 0 Å². The van der Waals surface area contributed by atoms with Gasteiger partial charge in [0.25, 0.3) is 0 Å². The highest BCUT2D eigenvalue weighted by Gasteiger charge is 2.28. The van der Waals surface area contributed by atoms with Crippen LogP contribution in [0.3, 0.4) is 0 Å². The lowest BCUT2D eigenvalue weighted by atomic mass is 10.5. The molecule has 0 heterocycles. The molecule has 4 nitrogen and oxygen atoms in total. The molecule has 0 rings (SSSR count). The van der Waals surface area contributed by atoms with Crippen LogP contribution < -0.4 is 0 Å². The zero-order valence-corrected chi connectivity index (χ0v) is 7.30. The van der Waals surface area contributed by atoms with E-state index in [0.29, 0.717) is 0 Å². The third-order valence-corrected chi connectivity index (χ3v) is 3.57. The molecular formula is C5H13O4P. The monoisotopic (exact) mass is 168 g/mol. The molecule has 62 valence electrons. The van der Waals surface area contributed by atoms with Gasteiger partial charge >= 0.3 is 7.60 Å². The van der Waals surface area contributed by atoms with Gasteiger partial charge < -0.3 is 14.2 Å². The molecule has 5 heteroatoms. The molecule has 0 saturated heterocycles. The molecule has 0 saturated carbocycles. The minimum Gasteiger partial charge on any atom is -0.395 e. The zero-order valence-electron chi connectivity index (χ0n) is 6.40. The summed E-state index contributed by atoms with van der Waals surface area (Å²) in [7, 11) is -0.418. The van der Waals surface area contributed by atoms with Gasteiger partial charge in [-0.05, 0) is 6.92 Å². The normalized spacial score (nSPS) is 15.2. The standard InChI is InChI=1S/C5H13O4P/c1-5(4-6)10(7,8-2)9-3/h5-6H,4H2,1-3H3. The summed E-state index contributed by atoms with van der Waals surface area (Å²) in [5.41, 5.74) is -0.456. The molecule has 0 aromatic rings. The predicted molar refractivity (Wildman–Crippen MR) is 38.2 cm³/mol. The van der Waals surface area contributed by atoms with Crippen molar-refractivity contribution in [3.63, 3.8) is 0 Å². The average Bonchev–Trinajstić information content (AvgIpc) is 2.01. The van der Waals surface area contributed by atoms with E-state index in [2.05, 4.69) is 9.05 Å². The van der Waals surface area contributed by atoms with Crippen molar-refractivity contribution < 1.29 is 18.7 Å². The maximum Gasteiger partial charge on any atom is 0.335 e. The molecule has 0 bridgehead atoms. The highest BCUT2D eigenvalue weighted by Crippen LogP contribution is 2.50. The number of rotatable bonds is 4. The second-order valence-corrected chi connectivity index (χ2v) is 4.63. The largest absolute Gasteiger partial charge is 0.395 e. The Morgan fingerprint density at radius 1 is 1.50 bits per heavy atom. The van der Waals surface area contributed by atoms with Crippen LogP contribution in [0.4, 0.5) is 0 Å². The molecule has 10 heavy (non-hydrogen) atoms. The average molecular weight is 168 g/mol. The minimum atomic E-state index is -3.02. The van der Waals surface area contributed by atoms with Crippen molar-refractivity contribution in [2.24, 2.45) is 0 Å². The van der Waals surface area contributed by atoms with Crippen LogP contribution in [-0.4, -0.2) is 31.6 Å². The van der Waals surface area contributed by atoms with Gasteiger partial charge in [0, 0.05) is 14.2 Å². The first-order valence-corrected chi connectivity index (χ1v) is 4.54. The second kappa shape index (κ2) is 4.09. The van der Waals surface area contributed by atoms with Gasteiger partial charge in [-0.2, -0.15) is 0 Å². The lowest BCUT2D eigenvalue weighted by Crippen LogP contribution is -2.11. The fourth-order valence-corrected chi connectivity index (χ4v) is 1.60. The first-order chi connectivity index (χ1) is 4.60. The van der Waals surface area contributed by atoms with Crippen LogP contribution in [0.1, 0.15) is 6.92 Å². The van der Waals surface area contributed by atoms with E-state index in [9.17, 15) is 4.57 Å². The van der Waals surface area contributed by atoms with Gasteiger partial charge in [0.15, 0.2) is 0 Å². The van der Waals surface area contributed by atoms with Crippen molar-refractivity contribution in [2.75, 3.05) is 20.8 Å². The molecule has 1 atom stereocenters. The zero-order chi connectivity index (χ0) is 8.20. The Balaban J connectivity index is 4.18. The molecule has 0 fully saturated rings. The van der Waals surface area contributed by atoms with Crippen molar-refractivity contribution in [1.82, 2.24) is 0 Å². The van der Waals surface area contributed by atoms with E-state index in [1.54, 1.807) is 6.92 Å². The van der Waals surface area contributed by atoms with Crippen molar-refractivity contribution >= 4 is 7.60 Å². The van der Waals surface area contributed by atoms with Crippen LogP contribution in [0.5, 0.6) is 0 Å². The first-order valence-electron chi connectivity index (χ1n) is 2.92. The van der Waals surface area contributed by atoms with Gasteiger partial charge in [0.05, 0.1) is 12.3 Å². The van der Waals surface area contributed by atoms with Crippen LogP contribution in [0.25, 0.3) is 0 Å². The van der Waals surface area contributed by atoms with E-state index >= 15 is 0 Å². The summed E-state index contributed by atoms with van der Waals surface area (Å²) in [4.78, 5) is 0. The number of hydrogen-bond donors (Lipinski definition) is 1. The summed E-state index contributed by atoms with van der Waals surface area (Å²) in [5, 5.41) is 8.60. The number of aliphatic hydroxyl groups is 1. The molecule has 1 N–H and O–H groups in total. The molecule has 0 aliphatic heterocycles. The molecule has 0 aromatic carbocycles. The van der Waals surface area contributed by atoms with Gasteiger partial charge in [0.2, 0.25) is 0 Å². The van der Waals surface area contributed by atoms with Crippen LogP contribution in [0.15, 0.2) is 0 Å². The van der Waals surface area contributed by atoms with Gasteiger partial charge in [-0.25, -0.2) is 0 Å². The van der Waals surface area contributed by atoms with Crippen molar-refractivity contribution in [3.05, 3.63) is 0 Å². The molecule has 0 radical (unpaired) electrons. The number of aliphatic hydroxyl groups excluding tert-OH is 1. The Morgan fingerprint density at radius 3 is 2.00 bits per heavy atom. The Morgan fingerprint density at radius 2 is 1.90 bits per heavy atom. The molecule has 0 aromatic heterocycles. The lowest BCUT2D eigenvalue weighted by molar-refractivity contribution is 0.235.